The first kappa shape index (κ1) is 37.3. The maximum absolute atomic E-state index is 12.5. The van der Waals surface area contributed by atoms with Crippen molar-refractivity contribution >= 4 is 41.7 Å². The molecule has 0 aromatic rings. The molecule has 234 valence electrons. The lowest BCUT2D eigenvalue weighted by molar-refractivity contribution is -0.197. The third-order valence-corrected chi connectivity index (χ3v) is 4.35. The Morgan fingerprint density at radius 3 is 1.63 bits per heavy atom. The van der Waals surface area contributed by atoms with Crippen molar-refractivity contribution in [3.8, 4) is 0 Å². The van der Waals surface area contributed by atoms with Gasteiger partial charge in [0, 0.05) is 19.3 Å². The van der Waals surface area contributed by atoms with E-state index in [1.807, 2.05) is 20.8 Å². The largest absolute Gasteiger partial charge is 0.460 e. The Balaban J connectivity index is 0.00000152. The average Bonchev–Trinajstić information content (AvgIpc) is 3.09. The third-order valence-electron chi connectivity index (χ3n) is 4.35. The van der Waals surface area contributed by atoms with Crippen LogP contribution in [0.15, 0.2) is 0 Å². The predicted octanol–water partition coefficient (Wildman–Crippen LogP) is 2.46. The molecular formula is C27H45N3O11. The number of esters is 3. The Hall–Kier alpha value is -3.71. The van der Waals surface area contributed by atoms with E-state index in [0.717, 1.165) is 0 Å². The second kappa shape index (κ2) is 15.9. The number of carbonyl (C=O) groups excluding carboxylic acids is 7. The number of carbonyl (C=O) groups is 7. The summed E-state index contributed by atoms with van der Waals surface area (Å²) < 4.78 is 15.3. The number of hydrogen-bond acceptors (Lipinski definition) is 11. The van der Waals surface area contributed by atoms with Gasteiger partial charge >= 0.3 is 29.9 Å². The summed E-state index contributed by atoms with van der Waals surface area (Å²) in [7, 11) is 0. The average molecular weight is 588 g/mol. The van der Waals surface area contributed by atoms with Gasteiger partial charge in [-0.2, -0.15) is 0 Å². The highest BCUT2D eigenvalue weighted by Crippen LogP contribution is 2.15. The van der Waals surface area contributed by atoms with Crippen molar-refractivity contribution in [1.29, 1.82) is 0 Å². The lowest BCUT2D eigenvalue weighted by atomic mass is 10.1. The molecule has 1 aliphatic heterocycles. The van der Waals surface area contributed by atoms with Crippen LogP contribution in [0.5, 0.6) is 0 Å². The van der Waals surface area contributed by atoms with Crippen LogP contribution in [0.4, 0.5) is 4.79 Å². The summed E-state index contributed by atoms with van der Waals surface area (Å²) in [4.78, 5) is 86.8. The molecule has 0 aliphatic carbocycles. The van der Waals surface area contributed by atoms with Gasteiger partial charge in [-0.25, -0.2) is 14.4 Å². The maximum atomic E-state index is 12.5. The van der Waals surface area contributed by atoms with Crippen LogP contribution < -0.4 is 10.6 Å². The molecule has 0 spiro atoms. The molecule has 14 heteroatoms. The van der Waals surface area contributed by atoms with Gasteiger partial charge in [-0.05, 0) is 68.7 Å². The number of imide groups is 1. The first-order chi connectivity index (χ1) is 18.5. The number of hydroxylamine groups is 2. The van der Waals surface area contributed by atoms with Crippen molar-refractivity contribution in [3.63, 3.8) is 0 Å². The van der Waals surface area contributed by atoms with E-state index in [1.54, 1.807) is 48.5 Å². The zero-order chi connectivity index (χ0) is 32.2. The number of urea groups is 1. The summed E-state index contributed by atoms with van der Waals surface area (Å²) >= 11 is 0. The van der Waals surface area contributed by atoms with Gasteiger partial charge < -0.3 is 29.7 Å². The lowest BCUT2D eigenvalue weighted by Crippen LogP contribution is -2.49. The predicted molar refractivity (Wildman–Crippen MR) is 145 cm³/mol. The highest BCUT2D eigenvalue weighted by molar-refractivity contribution is 6.01. The van der Waals surface area contributed by atoms with Crippen LogP contribution >= 0.6 is 0 Å². The second-order valence-electron chi connectivity index (χ2n) is 12.0. The second-order valence-corrected chi connectivity index (χ2v) is 12.0. The Labute approximate surface area is 241 Å². The van der Waals surface area contributed by atoms with E-state index >= 15 is 0 Å². The van der Waals surface area contributed by atoms with Crippen LogP contribution in [-0.2, 0) is 47.8 Å². The minimum Gasteiger partial charge on any atom is -0.460 e. The summed E-state index contributed by atoms with van der Waals surface area (Å²) in [5.74, 6) is -3.82. The summed E-state index contributed by atoms with van der Waals surface area (Å²) in [6.07, 6.45) is -0.271. The van der Waals surface area contributed by atoms with E-state index in [0.29, 0.717) is 11.5 Å². The summed E-state index contributed by atoms with van der Waals surface area (Å²) in [6, 6.07) is -2.12. The Bertz CT molecular complexity index is 956. The van der Waals surface area contributed by atoms with Crippen LogP contribution in [0.3, 0.4) is 0 Å². The first-order valence-corrected chi connectivity index (χ1v) is 13.3. The molecule has 1 unspecified atom stereocenters. The van der Waals surface area contributed by atoms with Gasteiger partial charge in [-0.3, -0.25) is 19.2 Å². The molecule has 1 fully saturated rings. The van der Waals surface area contributed by atoms with Crippen molar-refractivity contribution in [3.05, 3.63) is 0 Å². The minimum absolute atomic E-state index is 0.0496. The van der Waals surface area contributed by atoms with E-state index in [4.69, 9.17) is 19.0 Å². The molecule has 0 saturated carbocycles. The van der Waals surface area contributed by atoms with Gasteiger partial charge in [0.25, 0.3) is 11.8 Å². The molecule has 14 nitrogen and oxygen atoms in total. The van der Waals surface area contributed by atoms with Crippen LogP contribution in [-0.4, -0.2) is 76.2 Å². The maximum Gasteiger partial charge on any atom is 0.333 e. The molecule has 0 radical (unpaired) electrons. The number of nitrogens with one attached hydrogen (secondary N) is 2. The molecule has 1 atom stereocenters. The molecule has 0 aromatic heterocycles. The van der Waals surface area contributed by atoms with Crippen LogP contribution in [0.1, 0.15) is 101 Å². The van der Waals surface area contributed by atoms with Crippen molar-refractivity contribution in [2.75, 3.05) is 6.54 Å². The fraction of sp³-hybridized carbons (Fsp3) is 0.741. The Morgan fingerprint density at radius 2 is 1.22 bits per heavy atom. The van der Waals surface area contributed by atoms with Gasteiger partial charge in [-0.1, -0.05) is 6.92 Å². The van der Waals surface area contributed by atoms with Gasteiger partial charge in [0.15, 0.2) is 0 Å². The van der Waals surface area contributed by atoms with E-state index in [2.05, 4.69) is 10.6 Å². The number of hydrogen-bond donors (Lipinski definition) is 2. The number of amides is 4. The summed E-state index contributed by atoms with van der Waals surface area (Å²) in [5, 5.41) is 5.00. The molecule has 1 heterocycles. The molecule has 1 aliphatic rings. The molecule has 0 bridgehead atoms. The SMILES string of the molecule is CC(C)(C)OC(=O)CNC(=O)NC(CCC(=O)ON1C(=O)CCC1=O)C(=O)OC(C)(C)C.CCC(=O)OC(C)(C)C. The van der Waals surface area contributed by atoms with Crippen molar-refractivity contribution in [1.82, 2.24) is 15.7 Å². The lowest BCUT2D eigenvalue weighted by Gasteiger charge is -2.25. The van der Waals surface area contributed by atoms with Crippen molar-refractivity contribution < 1.29 is 52.6 Å². The van der Waals surface area contributed by atoms with E-state index in [9.17, 15) is 33.6 Å². The number of nitrogens with zero attached hydrogens (tertiary/aromatic N) is 1. The van der Waals surface area contributed by atoms with Crippen molar-refractivity contribution in [2.45, 2.75) is 124 Å². The van der Waals surface area contributed by atoms with Gasteiger partial charge in [0.2, 0.25) is 0 Å². The van der Waals surface area contributed by atoms with Crippen molar-refractivity contribution in [2.24, 2.45) is 0 Å². The first-order valence-electron chi connectivity index (χ1n) is 13.3. The third kappa shape index (κ3) is 18.3. The molecule has 0 aromatic carbocycles. The van der Waals surface area contributed by atoms with Gasteiger partial charge in [-0.15, -0.1) is 5.06 Å². The Morgan fingerprint density at radius 1 is 0.756 bits per heavy atom. The Kier molecular flexibility index (Phi) is 14.5. The van der Waals surface area contributed by atoms with Crippen LogP contribution in [0, 0.1) is 0 Å². The van der Waals surface area contributed by atoms with E-state index < -0.39 is 66.0 Å². The molecule has 41 heavy (non-hydrogen) atoms. The zero-order valence-electron chi connectivity index (χ0n) is 25.8. The zero-order valence-corrected chi connectivity index (χ0v) is 25.8. The highest BCUT2D eigenvalue weighted by atomic mass is 16.7. The van der Waals surface area contributed by atoms with E-state index in [-0.39, 0.29) is 30.8 Å². The fourth-order valence-electron chi connectivity index (χ4n) is 2.84. The summed E-state index contributed by atoms with van der Waals surface area (Å²) in [5.41, 5.74) is -1.92. The monoisotopic (exact) mass is 587 g/mol. The molecule has 4 amide bonds. The van der Waals surface area contributed by atoms with Gasteiger partial charge in [0.05, 0.1) is 6.42 Å². The van der Waals surface area contributed by atoms with Crippen LogP contribution in [0.2, 0.25) is 0 Å². The number of rotatable bonds is 9. The fourth-order valence-corrected chi connectivity index (χ4v) is 2.84. The standard InChI is InChI=1S/C20H31N3O9.C7H14O2/c1-19(2,3)30-16(27)11-21-18(29)22-12(17(28)31-20(4,5)6)7-10-15(26)32-23-13(24)8-9-14(23)25;1-5-6(8)9-7(2,3)4/h12H,7-11H2,1-6H3,(H2,21,22,29);5H2,1-4H3. The minimum atomic E-state index is -1.26. The molecule has 1 rings (SSSR count). The number of ether oxygens (including phenoxy) is 3. The topological polar surface area (TPSA) is 184 Å². The molecule has 2 N–H and O–H groups in total. The summed E-state index contributed by atoms with van der Waals surface area (Å²) in [6.45, 7) is 16.8. The van der Waals surface area contributed by atoms with Crippen LogP contribution in [0.25, 0.3) is 0 Å². The normalized spacial score (nSPS) is 14.2. The highest BCUT2D eigenvalue weighted by Gasteiger charge is 2.34. The smallest absolute Gasteiger partial charge is 0.333 e. The molecular weight excluding hydrogens is 542 g/mol. The molecule has 1 saturated heterocycles. The van der Waals surface area contributed by atoms with Gasteiger partial charge in [0.1, 0.15) is 29.4 Å². The quantitative estimate of drug-likeness (QED) is 0.229. The van der Waals surface area contributed by atoms with E-state index in [1.165, 1.54) is 0 Å².